The van der Waals surface area contributed by atoms with Crippen LogP contribution >= 0.6 is 15.9 Å². The number of carbonyl (C=O) groups excluding carboxylic acids is 1. The van der Waals surface area contributed by atoms with E-state index in [2.05, 4.69) is 26.1 Å². The molecule has 0 spiro atoms. The quantitative estimate of drug-likeness (QED) is 0.331. The molecule has 0 radical (unpaired) electrons. The lowest BCUT2D eigenvalue weighted by molar-refractivity contribution is -0.136. The molecule has 2 rings (SSSR count). The summed E-state index contributed by atoms with van der Waals surface area (Å²) in [5.74, 6) is -0.174. The molecule has 6 nitrogen and oxygen atoms in total. The second kappa shape index (κ2) is 10.3. The van der Waals surface area contributed by atoms with Crippen molar-refractivity contribution in [3.63, 3.8) is 0 Å². The summed E-state index contributed by atoms with van der Waals surface area (Å²) >= 11 is 3.31. The van der Waals surface area contributed by atoms with Crippen molar-refractivity contribution < 1.29 is 14.6 Å². The summed E-state index contributed by atoms with van der Waals surface area (Å²) in [4.78, 5) is 14.2. The predicted octanol–water partition coefficient (Wildman–Crippen LogP) is 1.50. The van der Waals surface area contributed by atoms with Crippen molar-refractivity contribution in [2.75, 3.05) is 33.4 Å². The number of nitrogens with one attached hydrogen (secondary N) is 1. The monoisotopic (exact) mass is 415 g/mol. The number of likely N-dealkylation sites (tertiary alicyclic amines) is 1. The lowest BCUT2D eigenvalue weighted by Crippen LogP contribution is -2.53. The van der Waals surface area contributed by atoms with Crippen molar-refractivity contribution in [1.29, 1.82) is 0 Å². The number of halogens is 1. The van der Waals surface area contributed by atoms with Crippen molar-refractivity contribution in [1.82, 2.24) is 10.2 Å². The van der Waals surface area contributed by atoms with Gasteiger partial charge in [-0.15, -0.1) is 0 Å². The van der Waals surface area contributed by atoms with Crippen LogP contribution in [-0.4, -0.2) is 61.4 Å². The largest absolute Gasteiger partial charge is 0.466 e. The van der Waals surface area contributed by atoms with Crippen LogP contribution < -0.4 is 11.1 Å². The molecule has 1 saturated carbocycles. The van der Waals surface area contributed by atoms with Gasteiger partial charge in [0.1, 0.15) is 0 Å². The summed E-state index contributed by atoms with van der Waals surface area (Å²) in [5.41, 5.74) is 6.02. The molecule has 2 fully saturated rings. The molecule has 2 aliphatic rings. The lowest BCUT2D eigenvalue weighted by Gasteiger charge is -2.39. The molecule has 1 aliphatic heterocycles. The van der Waals surface area contributed by atoms with E-state index in [1.807, 2.05) is 0 Å². The highest BCUT2D eigenvalue weighted by Crippen LogP contribution is 2.24. The summed E-state index contributed by atoms with van der Waals surface area (Å²) in [6.45, 7) is 2.30. The lowest BCUT2D eigenvalue weighted by atomic mass is 9.91. The van der Waals surface area contributed by atoms with E-state index in [0.717, 1.165) is 19.5 Å². The van der Waals surface area contributed by atoms with Crippen LogP contribution in [0.25, 0.3) is 0 Å². The van der Waals surface area contributed by atoms with Gasteiger partial charge in [0.25, 0.3) is 0 Å². The number of carbonyl (C=O) groups is 1. The molecule has 0 amide bonds. The van der Waals surface area contributed by atoms with Crippen LogP contribution in [0, 0.1) is 5.92 Å². The molecule has 1 saturated heterocycles. The Kier molecular flexibility index (Phi) is 8.42. The third-order valence-electron chi connectivity index (χ3n) is 5.17. The maximum Gasteiger partial charge on any atom is 0.335 e. The molecular formula is C18H30BrN3O3. The van der Waals surface area contributed by atoms with E-state index in [-0.39, 0.29) is 18.5 Å². The van der Waals surface area contributed by atoms with Gasteiger partial charge < -0.3 is 20.9 Å². The maximum absolute atomic E-state index is 12.0. The molecule has 0 bridgehead atoms. The van der Waals surface area contributed by atoms with Crippen LogP contribution in [0.3, 0.4) is 0 Å². The number of esters is 1. The molecule has 0 aromatic carbocycles. The number of ether oxygens (including phenoxy) is 1. The first-order valence-corrected chi connectivity index (χ1v) is 9.82. The number of methoxy groups -OCH3 is 1. The van der Waals surface area contributed by atoms with Crippen LogP contribution in [-0.2, 0) is 9.53 Å². The molecule has 1 aliphatic carbocycles. The topological polar surface area (TPSA) is 87.8 Å². The summed E-state index contributed by atoms with van der Waals surface area (Å²) < 4.78 is 5.52. The van der Waals surface area contributed by atoms with Crippen LogP contribution in [0.4, 0.5) is 0 Å². The third-order valence-corrected chi connectivity index (χ3v) is 5.66. The number of rotatable bonds is 7. The maximum atomic E-state index is 12.0. The first-order valence-electron chi connectivity index (χ1n) is 9.03. The third kappa shape index (κ3) is 6.09. The Labute approximate surface area is 158 Å². The van der Waals surface area contributed by atoms with E-state index in [1.54, 1.807) is 6.08 Å². The van der Waals surface area contributed by atoms with Gasteiger partial charge in [-0.05, 0) is 47.8 Å². The van der Waals surface area contributed by atoms with Crippen molar-refractivity contribution in [3.8, 4) is 0 Å². The molecule has 25 heavy (non-hydrogen) atoms. The average molecular weight is 416 g/mol. The van der Waals surface area contributed by atoms with E-state index < -0.39 is 0 Å². The van der Waals surface area contributed by atoms with Crippen molar-refractivity contribution in [2.24, 2.45) is 11.7 Å². The van der Waals surface area contributed by atoms with Gasteiger partial charge in [-0.25, -0.2) is 4.79 Å². The smallest absolute Gasteiger partial charge is 0.335 e. The zero-order chi connectivity index (χ0) is 18.2. The van der Waals surface area contributed by atoms with Crippen LogP contribution in [0.1, 0.15) is 32.1 Å². The number of hydrogen-bond donors (Lipinski definition) is 3. The number of aliphatic hydroxyl groups excluding tert-OH is 1. The number of nitrogens with two attached hydrogens (primary N) is 1. The molecule has 7 heteroatoms. The molecule has 0 aromatic rings. The van der Waals surface area contributed by atoms with Gasteiger partial charge in [-0.1, -0.05) is 12.8 Å². The molecule has 1 heterocycles. The van der Waals surface area contributed by atoms with Crippen molar-refractivity contribution in [3.05, 3.63) is 22.3 Å². The number of allylic oxidation sites excluding steroid dienone is 2. The minimum Gasteiger partial charge on any atom is -0.466 e. The molecule has 0 aromatic heterocycles. The van der Waals surface area contributed by atoms with E-state index in [0.29, 0.717) is 28.7 Å². The number of piperidine rings is 1. The average Bonchev–Trinajstić information content (AvgIpc) is 3.14. The molecule has 4 N–H and O–H groups in total. The highest BCUT2D eigenvalue weighted by molar-refractivity contribution is 9.11. The fraction of sp³-hybridized carbons (Fsp3) is 0.722. The van der Waals surface area contributed by atoms with Gasteiger partial charge in [0.05, 0.1) is 12.7 Å². The zero-order valence-electron chi connectivity index (χ0n) is 14.9. The second-order valence-corrected chi connectivity index (χ2v) is 7.85. The fourth-order valence-corrected chi connectivity index (χ4v) is 4.08. The molecular weight excluding hydrogens is 386 g/mol. The van der Waals surface area contributed by atoms with Crippen LogP contribution in [0.5, 0.6) is 0 Å². The minimum atomic E-state index is -0.356. The molecule has 2 atom stereocenters. The number of nitrogens with zero attached hydrogens (tertiary/aromatic N) is 1. The van der Waals surface area contributed by atoms with Gasteiger partial charge in [0.2, 0.25) is 0 Å². The Morgan fingerprint density at radius 1 is 1.40 bits per heavy atom. The highest BCUT2D eigenvalue weighted by atomic mass is 79.9. The van der Waals surface area contributed by atoms with Gasteiger partial charge in [0.15, 0.2) is 0 Å². The first kappa shape index (κ1) is 20.4. The standard InChI is InChI=1S/C18H30BrN3O3/c1-25-18(24)13(8-15(19)9-20)10-22-7-6-17(14(11-22)12-23)21-16-4-2-3-5-16/h8-9,14,16-17,21,23H,2-7,10-12,20H2,1H3/b13-8+,15-9+. The van der Waals surface area contributed by atoms with E-state index in [9.17, 15) is 9.90 Å². The van der Waals surface area contributed by atoms with Crippen molar-refractivity contribution >= 4 is 21.9 Å². The second-order valence-electron chi connectivity index (χ2n) is 6.93. The minimum absolute atomic E-state index is 0.157. The first-order chi connectivity index (χ1) is 12.1. The van der Waals surface area contributed by atoms with Gasteiger partial charge in [0, 0.05) is 48.4 Å². The van der Waals surface area contributed by atoms with Gasteiger partial charge in [-0.2, -0.15) is 0 Å². The number of hydrogen-bond acceptors (Lipinski definition) is 6. The van der Waals surface area contributed by atoms with E-state index >= 15 is 0 Å². The van der Waals surface area contributed by atoms with Gasteiger partial charge >= 0.3 is 5.97 Å². The van der Waals surface area contributed by atoms with Crippen LogP contribution in [0.15, 0.2) is 22.3 Å². The normalized spacial score (nSPS) is 26.8. The number of aliphatic hydroxyl groups is 1. The molecule has 2 unspecified atom stereocenters. The predicted molar refractivity (Wildman–Crippen MR) is 102 cm³/mol. The fourth-order valence-electron chi connectivity index (χ4n) is 3.81. The summed E-state index contributed by atoms with van der Waals surface area (Å²) in [7, 11) is 1.38. The Hall–Kier alpha value is -0.890. The SMILES string of the molecule is COC(=O)/C(=C/C(Br)=C\N)CN1CCC(NC2CCCC2)C(CO)C1. The van der Waals surface area contributed by atoms with Crippen molar-refractivity contribution in [2.45, 2.75) is 44.2 Å². The molecule has 142 valence electrons. The Bertz CT molecular complexity index is 504. The Morgan fingerprint density at radius 2 is 2.12 bits per heavy atom. The summed E-state index contributed by atoms with van der Waals surface area (Å²) in [5, 5.41) is 13.6. The van der Waals surface area contributed by atoms with E-state index in [1.165, 1.54) is 39.0 Å². The Morgan fingerprint density at radius 3 is 2.72 bits per heavy atom. The van der Waals surface area contributed by atoms with Gasteiger partial charge in [-0.3, -0.25) is 4.90 Å². The zero-order valence-corrected chi connectivity index (χ0v) is 16.5. The van der Waals surface area contributed by atoms with Crippen LogP contribution in [0.2, 0.25) is 0 Å². The highest BCUT2D eigenvalue weighted by Gasteiger charge is 2.31. The summed E-state index contributed by atoms with van der Waals surface area (Å²) in [6.07, 6.45) is 9.16. The summed E-state index contributed by atoms with van der Waals surface area (Å²) in [6, 6.07) is 0.951. The van der Waals surface area contributed by atoms with E-state index in [4.69, 9.17) is 10.5 Å². The Balaban J connectivity index is 1.96.